The summed E-state index contributed by atoms with van der Waals surface area (Å²) in [5.74, 6) is -0.921. The Bertz CT molecular complexity index is 1170. The minimum Gasteiger partial charge on any atom is -0.375 e. The third kappa shape index (κ3) is 3.71. The van der Waals surface area contributed by atoms with Crippen LogP contribution in [0.1, 0.15) is 33.5 Å². The van der Waals surface area contributed by atoms with E-state index in [-0.39, 0.29) is 24.4 Å². The van der Waals surface area contributed by atoms with Gasteiger partial charge in [0.1, 0.15) is 0 Å². The number of ketones is 1. The van der Waals surface area contributed by atoms with Crippen molar-refractivity contribution in [3.05, 3.63) is 105 Å². The number of hydrogen-bond acceptors (Lipinski definition) is 5. The number of carbonyl (C=O) groups excluding carboxylic acids is 2. The van der Waals surface area contributed by atoms with Crippen molar-refractivity contribution < 1.29 is 19.6 Å². The zero-order valence-corrected chi connectivity index (χ0v) is 16.8. The molecule has 7 nitrogen and oxygen atoms in total. The molecule has 3 aromatic rings. The summed E-state index contributed by atoms with van der Waals surface area (Å²) < 4.78 is 0. The number of non-ortho nitro benzene ring substituents is 1. The second-order valence-corrected chi connectivity index (χ2v) is 7.66. The fraction of sp³-hybridized carbons (Fsp3) is 0.167. The molecule has 0 aromatic heterocycles. The highest BCUT2D eigenvalue weighted by Crippen LogP contribution is 2.43. The molecule has 4 rings (SSSR count). The lowest BCUT2D eigenvalue weighted by atomic mass is 9.88. The number of benzene rings is 3. The van der Waals surface area contributed by atoms with Gasteiger partial charge in [0.25, 0.3) is 11.6 Å². The maximum Gasteiger partial charge on any atom is 0.269 e. The van der Waals surface area contributed by atoms with Gasteiger partial charge in [-0.2, -0.15) is 0 Å². The lowest BCUT2D eigenvalue weighted by Gasteiger charge is -2.23. The van der Waals surface area contributed by atoms with Gasteiger partial charge in [0, 0.05) is 23.3 Å². The number of aliphatic hydroxyl groups is 1. The minimum atomic E-state index is -1.97. The molecule has 0 spiro atoms. The Kier molecular flexibility index (Phi) is 5.12. The number of nitrogens with zero attached hydrogens (tertiary/aromatic N) is 2. The van der Waals surface area contributed by atoms with E-state index in [1.807, 2.05) is 19.1 Å². The Morgan fingerprint density at radius 3 is 2.32 bits per heavy atom. The average molecular weight is 416 g/mol. The van der Waals surface area contributed by atoms with Gasteiger partial charge in [-0.3, -0.25) is 19.7 Å². The third-order valence-electron chi connectivity index (χ3n) is 5.52. The van der Waals surface area contributed by atoms with Crippen LogP contribution in [0.4, 0.5) is 11.4 Å². The lowest BCUT2D eigenvalue weighted by Crippen LogP contribution is -2.41. The lowest BCUT2D eigenvalue weighted by molar-refractivity contribution is -0.384. The van der Waals surface area contributed by atoms with E-state index >= 15 is 0 Å². The summed E-state index contributed by atoms with van der Waals surface area (Å²) in [5, 5.41) is 22.2. The molecule has 0 bridgehead atoms. The molecule has 0 aliphatic carbocycles. The van der Waals surface area contributed by atoms with Gasteiger partial charge in [0.05, 0.1) is 23.6 Å². The van der Waals surface area contributed by atoms with E-state index < -0.39 is 16.4 Å². The van der Waals surface area contributed by atoms with Gasteiger partial charge in [0.2, 0.25) is 0 Å². The van der Waals surface area contributed by atoms with Crippen molar-refractivity contribution >= 4 is 23.1 Å². The first-order chi connectivity index (χ1) is 14.8. The first-order valence-corrected chi connectivity index (χ1v) is 9.76. The van der Waals surface area contributed by atoms with Crippen LogP contribution in [-0.4, -0.2) is 21.7 Å². The molecule has 1 N–H and O–H groups in total. The van der Waals surface area contributed by atoms with Crippen LogP contribution in [0.5, 0.6) is 0 Å². The fourth-order valence-corrected chi connectivity index (χ4v) is 3.81. The number of carbonyl (C=O) groups is 2. The molecule has 3 aromatic carbocycles. The zero-order valence-electron chi connectivity index (χ0n) is 16.8. The van der Waals surface area contributed by atoms with Gasteiger partial charge in [0.15, 0.2) is 11.4 Å². The SMILES string of the molecule is Cc1ccc(C(=O)C[C@@]2(O)C(=O)N(Cc3ccc([N+](=O)[O-])cc3)c3ccccc32)cc1. The number of nitro groups is 1. The quantitative estimate of drug-likeness (QED) is 0.373. The predicted molar refractivity (Wildman–Crippen MR) is 115 cm³/mol. The summed E-state index contributed by atoms with van der Waals surface area (Å²) in [6.45, 7) is 2.03. The standard InChI is InChI=1S/C24H20N2O5/c1-16-6-10-18(11-7-16)22(27)14-24(29)20-4-2-3-5-21(20)25(23(24)28)15-17-8-12-19(13-9-17)26(30)31/h2-13,29H,14-15H2,1H3/t24-/m0/s1. The average Bonchev–Trinajstić information content (AvgIpc) is 2.96. The van der Waals surface area contributed by atoms with E-state index in [0.29, 0.717) is 22.4 Å². The summed E-state index contributed by atoms with van der Waals surface area (Å²) >= 11 is 0. The number of nitro benzene ring substituents is 1. The summed E-state index contributed by atoms with van der Waals surface area (Å²) in [6.07, 6.45) is -0.372. The van der Waals surface area contributed by atoms with Crippen LogP contribution >= 0.6 is 0 Å². The van der Waals surface area contributed by atoms with Gasteiger partial charge < -0.3 is 10.0 Å². The van der Waals surface area contributed by atoms with Crippen molar-refractivity contribution in [1.82, 2.24) is 0 Å². The van der Waals surface area contributed by atoms with Crippen molar-refractivity contribution in [3.8, 4) is 0 Å². The molecular weight excluding hydrogens is 396 g/mol. The number of fused-ring (bicyclic) bond motifs is 1. The Labute approximate surface area is 178 Å². The minimum absolute atomic E-state index is 0.0444. The number of anilines is 1. The van der Waals surface area contributed by atoms with Crippen molar-refractivity contribution in [3.63, 3.8) is 0 Å². The highest BCUT2D eigenvalue weighted by Gasteiger charge is 2.50. The van der Waals surface area contributed by atoms with Crippen LogP contribution in [0.15, 0.2) is 72.8 Å². The predicted octanol–water partition coefficient (Wildman–Crippen LogP) is 3.91. The Hall–Kier alpha value is -3.84. The summed E-state index contributed by atoms with van der Waals surface area (Å²) in [4.78, 5) is 37.9. The Morgan fingerprint density at radius 1 is 1.03 bits per heavy atom. The normalized spacial score (nSPS) is 17.5. The van der Waals surface area contributed by atoms with E-state index in [9.17, 15) is 24.8 Å². The molecule has 0 fully saturated rings. The van der Waals surface area contributed by atoms with Gasteiger partial charge in [-0.15, -0.1) is 0 Å². The molecule has 0 unspecified atom stereocenters. The number of rotatable bonds is 6. The third-order valence-corrected chi connectivity index (χ3v) is 5.52. The molecule has 156 valence electrons. The van der Waals surface area contributed by atoms with Gasteiger partial charge in [-0.1, -0.05) is 60.2 Å². The van der Waals surface area contributed by atoms with E-state index in [1.54, 1.807) is 48.5 Å². The molecule has 31 heavy (non-hydrogen) atoms. The van der Waals surface area contributed by atoms with Crippen molar-refractivity contribution in [1.29, 1.82) is 0 Å². The molecule has 1 aliphatic rings. The maximum atomic E-state index is 13.3. The van der Waals surface area contributed by atoms with Crippen LogP contribution < -0.4 is 4.90 Å². The number of para-hydroxylation sites is 1. The highest BCUT2D eigenvalue weighted by atomic mass is 16.6. The van der Waals surface area contributed by atoms with Crippen LogP contribution in [-0.2, 0) is 16.9 Å². The topological polar surface area (TPSA) is 101 Å². The number of amides is 1. The fourth-order valence-electron chi connectivity index (χ4n) is 3.81. The first-order valence-electron chi connectivity index (χ1n) is 9.76. The van der Waals surface area contributed by atoms with Crippen LogP contribution in [0, 0.1) is 17.0 Å². The van der Waals surface area contributed by atoms with Gasteiger partial charge in [-0.25, -0.2) is 0 Å². The zero-order chi connectivity index (χ0) is 22.2. The van der Waals surface area contributed by atoms with Crippen LogP contribution in [0.2, 0.25) is 0 Å². The monoisotopic (exact) mass is 416 g/mol. The molecular formula is C24H20N2O5. The Morgan fingerprint density at radius 2 is 1.68 bits per heavy atom. The molecule has 1 amide bonds. The molecule has 1 aliphatic heterocycles. The van der Waals surface area contributed by atoms with E-state index in [4.69, 9.17) is 0 Å². The molecule has 0 radical (unpaired) electrons. The second-order valence-electron chi connectivity index (χ2n) is 7.66. The second kappa shape index (κ2) is 7.77. The summed E-state index contributed by atoms with van der Waals surface area (Å²) in [5.41, 5.74) is 0.983. The highest BCUT2D eigenvalue weighted by molar-refractivity contribution is 6.10. The van der Waals surface area contributed by atoms with Gasteiger partial charge >= 0.3 is 0 Å². The summed E-state index contributed by atoms with van der Waals surface area (Å²) in [7, 11) is 0. The van der Waals surface area contributed by atoms with E-state index in [2.05, 4.69) is 0 Å². The van der Waals surface area contributed by atoms with Crippen LogP contribution in [0.3, 0.4) is 0 Å². The smallest absolute Gasteiger partial charge is 0.269 e. The first kappa shape index (κ1) is 20.4. The molecule has 1 atom stereocenters. The van der Waals surface area contributed by atoms with Gasteiger partial charge in [-0.05, 0) is 18.6 Å². The number of Topliss-reactive ketones (excluding diaryl/α,β-unsaturated/α-hetero) is 1. The number of aryl methyl sites for hydroxylation is 1. The van der Waals surface area contributed by atoms with E-state index in [0.717, 1.165) is 5.56 Å². The largest absolute Gasteiger partial charge is 0.375 e. The van der Waals surface area contributed by atoms with Crippen molar-refractivity contribution in [2.24, 2.45) is 0 Å². The van der Waals surface area contributed by atoms with Crippen molar-refractivity contribution in [2.45, 2.75) is 25.5 Å². The van der Waals surface area contributed by atoms with Crippen LogP contribution in [0.25, 0.3) is 0 Å². The Balaban J connectivity index is 1.64. The molecule has 1 heterocycles. The molecule has 7 heteroatoms. The number of hydrogen-bond donors (Lipinski definition) is 1. The maximum absolute atomic E-state index is 13.3. The van der Waals surface area contributed by atoms with Crippen molar-refractivity contribution in [2.75, 3.05) is 4.90 Å². The summed E-state index contributed by atoms with van der Waals surface area (Å²) in [6, 6.07) is 19.7. The molecule has 0 saturated carbocycles. The molecule has 0 saturated heterocycles. The van der Waals surface area contributed by atoms with E-state index in [1.165, 1.54) is 17.0 Å².